The van der Waals surface area contributed by atoms with Crippen LogP contribution in [-0.4, -0.2) is 37.6 Å². The molecule has 0 saturated carbocycles. The van der Waals surface area contributed by atoms with Crippen LogP contribution in [-0.2, 0) is 9.53 Å². The van der Waals surface area contributed by atoms with Crippen LogP contribution in [0.25, 0.3) is 0 Å². The van der Waals surface area contributed by atoms with Crippen molar-refractivity contribution in [1.29, 1.82) is 0 Å². The summed E-state index contributed by atoms with van der Waals surface area (Å²) in [4.78, 5) is 13.2. The van der Waals surface area contributed by atoms with Crippen LogP contribution in [0, 0.1) is 0 Å². The highest BCUT2D eigenvalue weighted by molar-refractivity contribution is 5.76. The highest BCUT2D eigenvalue weighted by Gasteiger charge is 2.14. The average molecular weight is 183 g/mol. The Morgan fingerprint density at radius 1 is 1.69 bits per heavy atom. The minimum Gasteiger partial charge on any atom is -0.380 e. The molecular weight excluding hydrogens is 166 g/mol. The van der Waals surface area contributed by atoms with Gasteiger partial charge in [0.1, 0.15) is 0 Å². The Labute approximate surface area is 79.4 Å². The summed E-state index contributed by atoms with van der Waals surface area (Å²) in [5.41, 5.74) is 1.31. The third kappa shape index (κ3) is 2.84. The fourth-order valence-corrected chi connectivity index (χ4v) is 1.48. The molecule has 3 nitrogen and oxygen atoms in total. The van der Waals surface area contributed by atoms with Crippen LogP contribution in [0.3, 0.4) is 0 Å². The molecule has 1 heterocycles. The van der Waals surface area contributed by atoms with Gasteiger partial charge in [-0.05, 0) is 12.0 Å². The smallest absolute Gasteiger partial charge is 0.222 e. The normalized spacial score (nSPS) is 17.1. The second-order valence-electron chi connectivity index (χ2n) is 3.24. The lowest BCUT2D eigenvalue weighted by Gasteiger charge is -2.25. The fraction of sp³-hybridized carbons (Fsp3) is 0.700. The van der Waals surface area contributed by atoms with Crippen molar-refractivity contribution in [1.82, 2.24) is 4.90 Å². The molecule has 13 heavy (non-hydrogen) atoms. The van der Waals surface area contributed by atoms with Crippen molar-refractivity contribution in [2.24, 2.45) is 0 Å². The van der Waals surface area contributed by atoms with Crippen LogP contribution in [0.2, 0.25) is 0 Å². The SMILES string of the molecule is CCC(=O)N1CC=C(COC)CC1. The van der Waals surface area contributed by atoms with Crippen LogP contribution in [0.5, 0.6) is 0 Å². The predicted octanol–water partition coefficient (Wildman–Crippen LogP) is 1.20. The van der Waals surface area contributed by atoms with Crippen LogP contribution in [0.15, 0.2) is 11.6 Å². The van der Waals surface area contributed by atoms with Gasteiger partial charge in [-0.1, -0.05) is 13.0 Å². The molecule has 1 aliphatic heterocycles. The van der Waals surface area contributed by atoms with Crippen molar-refractivity contribution in [3.05, 3.63) is 11.6 Å². The first-order valence-corrected chi connectivity index (χ1v) is 4.72. The Balaban J connectivity index is 2.41. The van der Waals surface area contributed by atoms with Gasteiger partial charge in [0.05, 0.1) is 6.61 Å². The quantitative estimate of drug-likeness (QED) is 0.615. The minimum atomic E-state index is 0.243. The number of carbonyl (C=O) groups is 1. The third-order valence-corrected chi connectivity index (χ3v) is 2.29. The zero-order chi connectivity index (χ0) is 9.68. The number of amides is 1. The lowest BCUT2D eigenvalue weighted by Crippen LogP contribution is -2.34. The summed E-state index contributed by atoms with van der Waals surface area (Å²) in [5, 5.41) is 0. The molecular formula is C10H17NO2. The van der Waals surface area contributed by atoms with E-state index in [1.807, 2.05) is 11.8 Å². The van der Waals surface area contributed by atoms with E-state index in [-0.39, 0.29) is 5.91 Å². The van der Waals surface area contributed by atoms with E-state index >= 15 is 0 Å². The van der Waals surface area contributed by atoms with Crippen molar-refractivity contribution in [2.75, 3.05) is 26.8 Å². The van der Waals surface area contributed by atoms with Crippen LogP contribution in [0.1, 0.15) is 19.8 Å². The maximum atomic E-state index is 11.3. The number of methoxy groups -OCH3 is 1. The zero-order valence-corrected chi connectivity index (χ0v) is 8.38. The minimum absolute atomic E-state index is 0.243. The fourth-order valence-electron chi connectivity index (χ4n) is 1.48. The predicted molar refractivity (Wildman–Crippen MR) is 51.4 cm³/mol. The van der Waals surface area contributed by atoms with E-state index in [2.05, 4.69) is 6.08 Å². The van der Waals surface area contributed by atoms with E-state index in [0.29, 0.717) is 13.0 Å². The molecule has 0 fully saturated rings. The maximum absolute atomic E-state index is 11.3. The number of hydrogen-bond donors (Lipinski definition) is 0. The standard InChI is InChI=1S/C10H17NO2/c1-3-10(12)11-6-4-9(5-7-11)8-13-2/h4H,3,5-8H2,1-2H3. The molecule has 0 atom stereocenters. The second kappa shape index (κ2) is 5.02. The zero-order valence-electron chi connectivity index (χ0n) is 8.38. The van der Waals surface area contributed by atoms with Gasteiger partial charge >= 0.3 is 0 Å². The maximum Gasteiger partial charge on any atom is 0.222 e. The van der Waals surface area contributed by atoms with Gasteiger partial charge in [-0.25, -0.2) is 0 Å². The van der Waals surface area contributed by atoms with Gasteiger partial charge in [0.15, 0.2) is 0 Å². The molecule has 1 amide bonds. The van der Waals surface area contributed by atoms with Gasteiger partial charge < -0.3 is 9.64 Å². The van der Waals surface area contributed by atoms with Gasteiger partial charge in [-0.15, -0.1) is 0 Å². The number of ether oxygens (including phenoxy) is 1. The Bertz CT molecular complexity index is 211. The van der Waals surface area contributed by atoms with Gasteiger partial charge in [0.25, 0.3) is 0 Å². The Morgan fingerprint density at radius 2 is 2.46 bits per heavy atom. The van der Waals surface area contributed by atoms with E-state index in [9.17, 15) is 4.79 Å². The monoisotopic (exact) mass is 183 g/mol. The highest BCUT2D eigenvalue weighted by atomic mass is 16.5. The summed E-state index contributed by atoms with van der Waals surface area (Å²) in [5.74, 6) is 0.243. The van der Waals surface area contributed by atoms with Crippen LogP contribution in [0.4, 0.5) is 0 Å². The van der Waals surface area contributed by atoms with Gasteiger partial charge in [-0.2, -0.15) is 0 Å². The molecule has 3 heteroatoms. The molecule has 0 saturated heterocycles. The van der Waals surface area contributed by atoms with Crippen molar-refractivity contribution in [3.8, 4) is 0 Å². The van der Waals surface area contributed by atoms with Gasteiger partial charge in [0, 0.05) is 26.6 Å². The van der Waals surface area contributed by atoms with Crippen LogP contribution < -0.4 is 0 Å². The first-order valence-electron chi connectivity index (χ1n) is 4.72. The second-order valence-corrected chi connectivity index (χ2v) is 3.24. The van der Waals surface area contributed by atoms with Crippen molar-refractivity contribution in [3.63, 3.8) is 0 Å². The third-order valence-electron chi connectivity index (χ3n) is 2.29. The Hall–Kier alpha value is -0.830. The summed E-state index contributed by atoms with van der Waals surface area (Å²) in [6.07, 6.45) is 3.66. The van der Waals surface area contributed by atoms with Gasteiger partial charge in [-0.3, -0.25) is 4.79 Å². The summed E-state index contributed by atoms with van der Waals surface area (Å²) in [6.45, 7) is 4.21. The topological polar surface area (TPSA) is 29.5 Å². The number of nitrogens with zero attached hydrogens (tertiary/aromatic N) is 1. The molecule has 0 bridgehead atoms. The molecule has 74 valence electrons. The number of rotatable bonds is 3. The molecule has 0 aliphatic carbocycles. The van der Waals surface area contributed by atoms with E-state index in [1.54, 1.807) is 7.11 Å². The summed E-state index contributed by atoms with van der Waals surface area (Å²) in [7, 11) is 1.70. The van der Waals surface area contributed by atoms with E-state index in [0.717, 1.165) is 19.5 Å². The van der Waals surface area contributed by atoms with Crippen molar-refractivity contribution < 1.29 is 9.53 Å². The highest BCUT2D eigenvalue weighted by Crippen LogP contribution is 2.11. The summed E-state index contributed by atoms with van der Waals surface area (Å²) >= 11 is 0. The molecule has 0 spiro atoms. The number of hydrogen-bond acceptors (Lipinski definition) is 2. The van der Waals surface area contributed by atoms with Crippen molar-refractivity contribution in [2.45, 2.75) is 19.8 Å². The average Bonchev–Trinajstić information content (AvgIpc) is 2.18. The van der Waals surface area contributed by atoms with E-state index < -0.39 is 0 Å². The molecule has 1 aliphatic rings. The molecule has 0 aromatic heterocycles. The molecule has 1 rings (SSSR count). The van der Waals surface area contributed by atoms with E-state index in [1.165, 1.54) is 5.57 Å². The molecule has 0 unspecified atom stereocenters. The molecule has 0 aromatic carbocycles. The lowest BCUT2D eigenvalue weighted by molar-refractivity contribution is -0.130. The first-order chi connectivity index (χ1) is 6.27. The molecule has 0 N–H and O–H groups in total. The summed E-state index contributed by atoms with van der Waals surface area (Å²) in [6, 6.07) is 0. The van der Waals surface area contributed by atoms with E-state index in [4.69, 9.17) is 4.74 Å². The van der Waals surface area contributed by atoms with Crippen molar-refractivity contribution >= 4 is 5.91 Å². The Morgan fingerprint density at radius 3 is 2.92 bits per heavy atom. The first kappa shape index (κ1) is 10.3. The largest absolute Gasteiger partial charge is 0.380 e. The van der Waals surface area contributed by atoms with Gasteiger partial charge in [0.2, 0.25) is 5.91 Å². The number of carbonyl (C=O) groups excluding carboxylic acids is 1. The molecule has 0 radical (unpaired) electrons. The van der Waals surface area contributed by atoms with Crippen LogP contribution >= 0.6 is 0 Å². The summed E-state index contributed by atoms with van der Waals surface area (Å²) < 4.78 is 5.03. The lowest BCUT2D eigenvalue weighted by atomic mass is 10.1. The molecule has 0 aromatic rings. The Kier molecular flexibility index (Phi) is 3.96.